The lowest BCUT2D eigenvalue weighted by Gasteiger charge is -2.42. The first kappa shape index (κ1) is 19.9. The van der Waals surface area contributed by atoms with Crippen LogP contribution in [0, 0.1) is 5.92 Å². The maximum atomic E-state index is 12.8. The molecule has 7 heteroatoms. The number of nitrogens with one attached hydrogen (secondary N) is 1. The molecule has 0 radical (unpaired) electrons. The Kier molecular flexibility index (Phi) is 5.50. The third-order valence-corrected chi connectivity index (χ3v) is 7.06. The Morgan fingerprint density at radius 2 is 1.93 bits per heavy atom. The Hall–Kier alpha value is -1.99. The lowest BCUT2D eigenvalue weighted by molar-refractivity contribution is 0.0437. The van der Waals surface area contributed by atoms with Crippen molar-refractivity contribution in [2.24, 2.45) is 5.92 Å². The number of fused-ring (bicyclic) bond motifs is 1. The molecule has 1 N–H and O–H groups in total. The Labute approximate surface area is 178 Å². The molecule has 0 unspecified atom stereocenters. The van der Waals surface area contributed by atoms with Crippen LogP contribution in [0.1, 0.15) is 74.6 Å². The molecule has 7 nitrogen and oxygen atoms in total. The molecule has 0 spiro atoms. The summed E-state index contributed by atoms with van der Waals surface area (Å²) >= 11 is 0. The highest BCUT2D eigenvalue weighted by molar-refractivity contribution is 5.94. The molecule has 1 aliphatic heterocycles. The van der Waals surface area contributed by atoms with Crippen molar-refractivity contribution >= 4 is 11.6 Å². The summed E-state index contributed by atoms with van der Waals surface area (Å²) in [5, 5.41) is 12.2. The average Bonchev–Trinajstić information content (AvgIpc) is 3.23. The van der Waals surface area contributed by atoms with Crippen molar-refractivity contribution in [2.75, 3.05) is 26.2 Å². The molecule has 0 aromatic carbocycles. The molecule has 3 fully saturated rings. The largest absolute Gasteiger partial charge is 0.349 e. The van der Waals surface area contributed by atoms with E-state index >= 15 is 0 Å². The summed E-state index contributed by atoms with van der Waals surface area (Å²) in [4.78, 5) is 18.0. The first-order chi connectivity index (χ1) is 14.6. The van der Waals surface area contributed by atoms with E-state index in [0.717, 1.165) is 49.9 Å². The number of amides is 1. The van der Waals surface area contributed by atoms with Crippen molar-refractivity contribution in [3.05, 3.63) is 29.7 Å². The zero-order valence-corrected chi connectivity index (χ0v) is 18.3. The summed E-state index contributed by atoms with van der Waals surface area (Å²) < 4.78 is 2.05. The van der Waals surface area contributed by atoms with Gasteiger partial charge in [-0.3, -0.25) is 19.0 Å². The van der Waals surface area contributed by atoms with Gasteiger partial charge in [-0.25, -0.2) is 0 Å². The van der Waals surface area contributed by atoms with Crippen LogP contribution in [0.3, 0.4) is 0 Å². The van der Waals surface area contributed by atoms with Gasteiger partial charge in [-0.2, -0.15) is 0 Å². The van der Waals surface area contributed by atoms with Gasteiger partial charge in [-0.15, -0.1) is 10.2 Å². The standard InChI is InChI=1S/C23H34N6O/c1-16(2)28-12-11-27(13-17-7-8-17)15-20(28)22-26-25-21-10-9-18(14-29(21)22)23(30)24-19-5-3-4-6-19/h9-10,14,16-17,19-20H,3-8,11-13,15H2,1-2H3,(H,24,30)/t20-/m0/s1. The second kappa shape index (κ2) is 8.27. The molecule has 162 valence electrons. The minimum absolute atomic E-state index is 0.0168. The molecule has 3 aliphatic rings. The number of rotatable bonds is 6. The van der Waals surface area contributed by atoms with E-state index in [-0.39, 0.29) is 11.9 Å². The van der Waals surface area contributed by atoms with Gasteiger partial charge in [0.25, 0.3) is 5.91 Å². The lowest BCUT2D eigenvalue weighted by Crippen LogP contribution is -2.51. The highest BCUT2D eigenvalue weighted by Crippen LogP contribution is 2.33. The van der Waals surface area contributed by atoms with Gasteiger partial charge in [-0.1, -0.05) is 12.8 Å². The van der Waals surface area contributed by atoms with Gasteiger partial charge >= 0.3 is 0 Å². The Morgan fingerprint density at radius 3 is 2.67 bits per heavy atom. The summed E-state index contributed by atoms with van der Waals surface area (Å²) in [6, 6.07) is 4.75. The number of hydrogen-bond donors (Lipinski definition) is 1. The Morgan fingerprint density at radius 1 is 1.13 bits per heavy atom. The predicted molar refractivity (Wildman–Crippen MR) is 116 cm³/mol. The summed E-state index contributed by atoms with van der Waals surface area (Å²) in [6.45, 7) is 8.87. The fourth-order valence-corrected chi connectivity index (χ4v) is 5.14. The smallest absolute Gasteiger partial charge is 0.252 e. The van der Waals surface area contributed by atoms with Gasteiger partial charge in [0.05, 0.1) is 11.6 Å². The monoisotopic (exact) mass is 410 g/mol. The molecule has 2 aliphatic carbocycles. The number of nitrogens with zero attached hydrogens (tertiary/aromatic N) is 5. The third kappa shape index (κ3) is 4.10. The zero-order chi connectivity index (χ0) is 20.7. The molecule has 3 heterocycles. The SMILES string of the molecule is CC(C)N1CCN(CC2CC2)C[C@H]1c1nnc2ccc(C(=O)NC3CCCC3)cn12. The number of piperazine rings is 1. The van der Waals surface area contributed by atoms with Crippen molar-refractivity contribution < 1.29 is 4.79 Å². The predicted octanol–water partition coefficient (Wildman–Crippen LogP) is 2.88. The molecule has 2 aromatic rings. The van der Waals surface area contributed by atoms with Crippen LogP contribution in [0.15, 0.2) is 18.3 Å². The molecular formula is C23H34N6O. The molecule has 5 rings (SSSR count). The summed E-state index contributed by atoms with van der Waals surface area (Å²) in [7, 11) is 0. The Balaban J connectivity index is 1.41. The lowest BCUT2D eigenvalue weighted by atomic mass is 10.1. The van der Waals surface area contributed by atoms with Crippen LogP contribution in [0.5, 0.6) is 0 Å². The maximum Gasteiger partial charge on any atom is 0.252 e. The molecule has 1 atom stereocenters. The number of carbonyl (C=O) groups excluding carboxylic acids is 1. The quantitative estimate of drug-likeness (QED) is 0.793. The molecule has 1 saturated heterocycles. The normalized spacial score (nSPS) is 24.2. The van der Waals surface area contributed by atoms with Gasteiger partial charge in [0.1, 0.15) is 0 Å². The van der Waals surface area contributed by atoms with E-state index in [4.69, 9.17) is 0 Å². The second-order valence-corrected chi connectivity index (χ2v) is 9.71. The third-order valence-electron chi connectivity index (χ3n) is 7.06. The van der Waals surface area contributed by atoms with Gasteiger partial charge in [-0.05, 0) is 57.6 Å². The van der Waals surface area contributed by atoms with E-state index in [1.54, 1.807) is 0 Å². The van der Waals surface area contributed by atoms with E-state index in [0.29, 0.717) is 17.6 Å². The molecular weight excluding hydrogens is 376 g/mol. The topological polar surface area (TPSA) is 65.8 Å². The van der Waals surface area contributed by atoms with Gasteiger partial charge in [0.2, 0.25) is 0 Å². The van der Waals surface area contributed by atoms with E-state index in [1.807, 2.05) is 22.7 Å². The Bertz CT molecular complexity index is 898. The molecule has 30 heavy (non-hydrogen) atoms. The van der Waals surface area contributed by atoms with Gasteiger partial charge < -0.3 is 5.32 Å². The van der Waals surface area contributed by atoms with Crippen LogP contribution in [-0.2, 0) is 0 Å². The zero-order valence-electron chi connectivity index (χ0n) is 18.3. The van der Waals surface area contributed by atoms with Crippen molar-refractivity contribution in [3.63, 3.8) is 0 Å². The molecule has 1 amide bonds. The number of carbonyl (C=O) groups is 1. The number of aromatic nitrogens is 3. The van der Waals surface area contributed by atoms with Crippen molar-refractivity contribution in [1.29, 1.82) is 0 Å². The first-order valence-corrected chi connectivity index (χ1v) is 11.7. The fourth-order valence-electron chi connectivity index (χ4n) is 5.14. The van der Waals surface area contributed by atoms with Crippen molar-refractivity contribution in [1.82, 2.24) is 29.7 Å². The molecule has 2 aromatic heterocycles. The van der Waals surface area contributed by atoms with E-state index in [9.17, 15) is 4.79 Å². The van der Waals surface area contributed by atoms with Crippen molar-refractivity contribution in [2.45, 2.75) is 70.5 Å². The average molecular weight is 411 g/mol. The maximum absolute atomic E-state index is 12.8. The minimum atomic E-state index is 0.0168. The number of hydrogen-bond acceptors (Lipinski definition) is 5. The minimum Gasteiger partial charge on any atom is -0.349 e. The van der Waals surface area contributed by atoms with E-state index in [1.165, 1.54) is 32.2 Å². The molecule has 2 saturated carbocycles. The van der Waals surface area contributed by atoms with Crippen LogP contribution in [0.25, 0.3) is 5.65 Å². The summed E-state index contributed by atoms with van der Waals surface area (Å²) in [5.41, 5.74) is 1.50. The number of pyridine rings is 1. The highest BCUT2D eigenvalue weighted by Gasteiger charge is 2.35. The van der Waals surface area contributed by atoms with Crippen molar-refractivity contribution in [3.8, 4) is 0 Å². The van der Waals surface area contributed by atoms with Gasteiger partial charge in [0, 0.05) is 44.5 Å². The van der Waals surface area contributed by atoms with Crippen LogP contribution in [-0.4, -0.2) is 68.6 Å². The van der Waals surface area contributed by atoms with E-state index in [2.05, 4.69) is 39.2 Å². The fraction of sp³-hybridized carbons (Fsp3) is 0.696. The first-order valence-electron chi connectivity index (χ1n) is 11.7. The highest BCUT2D eigenvalue weighted by atomic mass is 16.1. The van der Waals surface area contributed by atoms with Crippen LogP contribution in [0.2, 0.25) is 0 Å². The summed E-state index contributed by atoms with van der Waals surface area (Å²) in [5.74, 6) is 1.86. The van der Waals surface area contributed by atoms with Crippen LogP contribution in [0.4, 0.5) is 0 Å². The second-order valence-electron chi connectivity index (χ2n) is 9.71. The van der Waals surface area contributed by atoms with Crippen LogP contribution >= 0.6 is 0 Å². The molecule has 0 bridgehead atoms. The van der Waals surface area contributed by atoms with Crippen LogP contribution < -0.4 is 5.32 Å². The van der Waals surface area contributed by atoms with Gasteiger partial charge in [0.15, 0.2) is 11.5 Å². The summed E-state index contributed by atoms with van der Waals surface area (Å²) in [6.07, 6.45) is 9.30. The van der Waals surface area contributed by atoms with E-state index < -0.39 is 0 Å².